The lowest BCUT2D eigenvalue weighted by molar-refractivity contribution is 0.472. The fourth-order valence-corrected chi connectivity index (χ4v) is 19.2. The normalized spacial score (nSPS) is 12.0. The number of fused-ring (bicyclic) bond motifs is 3. The molecule has 0 heterocycles. The van der Waals surface area contributed by atoms with Gasteiger partial charge in [0.15, 0.2) is 0 Å². The first-order valence-electron chi connectivity index (χ1n) is 45.7. The van der Waals surface area contributed by atoms with Crippen molar-refractivity contribution >= 4 is 0 Å². The number of hydrogen-bond acceptors (Lipinski definition) is 12. The summed E-state index contributed by atoms with van der Waals surface area (Å²) in [4.78, 5) is 0. The summed E-state index contributed by atoms with van der Waals surface area (Å²) in [6.45, 7) is 12.9. The highest BCUT2D eigenvalue weighted by atomic mass is 16.3. The summed E-state index contributed by atoms with van der Waals surface area (Å²) >= 11 is 0. The molecule has 12 nitrogen and oxygen atoms in total. The van der Waals surface area contributed by atoms with E-state index in [1.165, 1.54) is 27.8 Å². The van der Waals surface area contributed by atoms with Gasteiger partial charge in [0.2, 0.25) is 0 Å². The third kappa shape index (κ3) is 19.2. The Bertz CT molecular complexity index is 6770. The lowest BCUT2D eigenvalue weighted by Crippen LogP contribution is -2.30. The van der Waals surface area contributed by atoms with Crippen LogP contribution in [-0.4, -0.2) is 61.3 Å². The Morgan fingerprint density at radius 3 is 0.616 bits per heavy atom. The fraction of sp³-hybridized carbons (Fsp3) is 0.0952. The average Bonchev–Trinajstić information content (AvgIpc) is 1.53. The van der Waals surface area contributed by atoms with Crippen LogP contribution in [0.25, 0.3) is 33.4 Å². The fourth-order valence-electron chi connectivity index (χ4n) is 19.2. The maximum absolute atomic E-state index is 10.4. The van der Waals surface area contributed by atoms with Crippen molar-refractivity contribution in [3.63, 3.8) is 0 Å². The minimum absolute atomic E-state index is 0.215. The van der Waals surface area contributed by atoms with Crippen LogP contribution < -0.4 is 0 Å². The minimum atomic E-state index is -0.566. The van der Waals surface area contributed by atoms with Gasteiger partial charge in [-0.15, -0.1) is 0 Å². The summed E-state index contributed by atoms with van der Waals surface area (Å²) in [6, 6.07) is 150. The predicted octanol–water partition coefficient (Wildman–Crippen LogP) is 28.3. The number of phenolic OH excluding ortho intramolecular Hbond substituents is 12. The van der Waals surface area contributed by atoms with Crippen molar-refractivity contribution in [1.29, 1.82) is 0 Å². The van der Waals surface area contributed by atoms with Gasteiger partial charge in [-0.3, -0.25) is 0 Å². The highest BCUT2D eigenvalue weighted by Gasteiger charge is 2.46. The van der Waals surface area contributed by atoms with E-state index < -0.39 is 21.7 Å². The Kier molecular flexibility index (Phi) is 27.4. The molecule has 12 heteroatoms. The van der Waals surface area contributed by atoms with E-state index in [1.807, 2.05) is 231 Å². The molecule has 0 spiro atoms. The lowest BCUT2D eigenvalue weighted by Gasteiger charge is -2.36. The van der Waals surface area contributed by atoms with Crippen LogP contribution in [0, 0.1) is 0 Å². The average molecular weight is 1810 g/mol. The van der Waals surface area contributed by atoms with Crippen molar-refractivity contribution in [2.75, 3.05) is 0 Å². The largest absolute Gasteiger partial charge is 0.508 e. The monoisotopic (exact) mass is 1810 g/mol. The highest BCUT2D eigenvalue weighted by molar-refractivity contribution is 5.86. The van der Waals surface area contributed by atoms with Crippen LogP contribution >= 0.6 is 0 Å². The molecule has 684 valence electrons. The second-order valence-electron chi connectivity index (χ2n) is 36.1. The number of hydrogen-bond donors (Lipinski definition) is 12. The van der Waals surface area contributed by atoms with Crippen LogP contribution in [0.5, 0.6) is 69.0 Å². The number of benzene rings is 19. The molecule has 0 unspecified atom stereocenters. The van der Waals surface area contributed by atoms with Crippen LogP contribution in [0.2, 0.25) is 0 Å². The molecule has 1 aliphatic carbocycles. The van der Waals surface area contributed by atoms with Gasteiger partial charge in [0.05, 0.1) is 10.8 Å². The molecule has 0 saturated carbocycles. The highest BCUT2D eigenvalue weighted by Crippen LogP contribution is 2.57. The number of rotatable bonds is 18. The molecule has 1 aliphatic rings. The molecule has 0 radical (unpaired) electrons. The molecule has 20 rings (SSSR count). The summed E-state index contributed by atoms with van der Waals surface area (Å²) < 4.78 is 0. The Labute approximate surface area is 805 Å². The summed E-state index contributed by atoms with van der Waals surface area (Å²) in [5, 5.41) is 118. The number of phenols is 12. The third-order valence-electron chi connectivity index (χ3n) is 27.2. The zero-order valence-corrected chi connectivity index (χ0v) is 77.4. The molecular weight excluding hydrogens is 1710 g/mol. The molecule has 0 atom stereocenters. The molecule has 0 aromatic heterocycles. The van der Waals surface area contributed by atoms with Crippen LogP contribution in [0.3, 0.4) is 0 Å². The standard InChI is InChI=1S/C29H28O3.C27H24O2.C25H18O2.C25H20O2.C20H18O3/c1-28(2,21-8-14-25(30)15-9-21)20-4-6-22(7-5-20)29(3,23-10-16-26(31)17-11-23)24-12-18-27(32)19-13-24;1-27(2,21-13-15-25(28)23(17-21)19-9-5-3-6-10-19)22-14-16-26(29)24(18-22)20-11-7-4-8-12-20;26-19-13-9-17(10-14-19)25(18-11-15-20(27)16-12-18)23-7-3-1-5-21(23)22-6-2-4-8-24(22)25;26-23-15-11-21(12-16-23)25(19-7-3-1-4-8-19,20-9-5-2-6-10-20)22-13-17-24(27)18-14-22;1-20(14-2-8-17(21)9-3-14,15-4-10-18(22)11-5-15)16-6-12-19(23)13-7-16/h4-19,30-32H,1-3H3;3-18,28-29H,1-2H3;1-16,26-27H;1-18,26-27H;2-13,21-23H,1H3. The quantitative estimate of drug-likeness (QED) is 0.0359. The van der Waals surface area contributed by atoms with E-state index in [4.69, 9.17) is 0 Å². The molecule has 0 saturated heterocycles. The van der Waals surface area contributed by atoms with Crippen LogP contribution in [0.15, 0.2) is 473 Å². The van der Waals surface area contributed by atoms with E-state index in [1.54, 1.807) is 133 Å². The summed E-state index contributed by atoms with van der Waals surface area (Å²) in [6.07, 6.45) is 0. The van der Waals surface area contributed by atoms with Crippen LogP contribution in [-0.2, 0) is 32.5 Å². The molecule has 0 bridgehead atoms. The predicted molar refractivity (Wildman–Crippen MR) is 553 cm³/mol. The van der Waals surface area contributed by atoms with E-state index in [0.717, 1.165) is 106 Å². The lowest BCUT2D eigenvalue weighted by atomic mass is 9.65. The second-order valence-corrected chi connectivity index (χ2v) is 36.1. The van der Waals surface area contributed by atoms with E-state index in [9.17, 15) is 61.3 Å². The van der Waals surface area contributed by atoms with Crippen molar-refractivity contribution < 1.29 is 61.3 Å². The Morgan fingerprint density at radius 1 is 0.159 bits per heavy atom. The van der Waals surface area contributed by atoms with Gasteiger partial charge in [-0.05, 0) is 282 Å². The first-order valence-corrected chi connectivity index (χ1v) is 45.7. The van der Waals surface area contributed by atoms with E-state index >= 15 is 0 Å². The van der Waals surface area contributed by atoms with E-state index in [-0.39, 0.29) is 79.8 Å². The second kappa shape index (κ2) is 40.3. The SMILES string of the molecule is CC(C)(c1ccc(O)c(-c2ccccc2)c1)c1ccc(O)c(-c2ccccc2)c1.CC(C)(c1ccc(O)cc1)c1ccc(C(C)(c2ccc(O)cc2)c2ccc(O)cc2)cc1.CC(c1ccc(O)cc1)(c1ccc(O)cc1)c1ccc(O)cc1.Oc1ccc(C(c2ccccc2)(c2ccccc2)c2ccc(O)cc2)cc1.Oc1ccc(C2(c3ccc(O)cc3)c3ccccc3-c3ccccc32)cc1. The minimum Gasteiger partial charge on any atom is -0.508 e. The smallest absolute Gasteiger partial charge is 0.123 e. The Hall–Kier alpha value is -17.2. The van der Waals surface area contributed by atoms with Crippen LogP contribution in [0.1, 0.15) is 142 Å². The summed E-state index contributed by atoms with van der Waals surface area (Å²) in [5.74, 6) is 2.88. The summed E-state index contributed by atoms with van der Waals surface area (Å²) in [7, 11) is 0. The van der Waals surface area contributed by atoms with Gasteiger partial charge in [0.25, 0.3) is 0 Å². The van der Waals surface area contributed by atoms with Gasteiger partial charge in [-0.2, -0.15) is 0 Å². The van der Waals surface area contributed by atoms with Crippen molar-refractivity contribution in [3.05, 3.63) is 573 Å². The van der Waals surface area contributed by atoms with Crippen molar-refractivity contribution in [2.45, 2.75) is 74.0 Å². The maximum atomic E-state index is 10.4. The summed E-state index contributed by atoms with van der Waals surface area (Å²) in [5.41, 5.74) is 23.1. The van der Waals surface area contributed by atoms with Crippen molar-refractivity contribution in [3.8, 4) is 102 Å². The zero-order valence-electron chi connectivity index (χ0n) is 77.4. The van der Waals surface area contributed by atoms with E-state index in [2.05, 4.69) is 151 Å². The molecule has 0 aliphatic heterocycles. The Morgan fingerprint density at radius 2 is 0.348 bits per heavy atom. The van der Waals surface area contributed by atoms with E-state index in [0.29, 0.717) is 0 Å². The molecule has 19 aromatic carbocycles. The van der Waals surface area contributed by atoms with Crippen molar-refractivity contribution in [1.82, 2.24) is 0 Å². The van der Waals surface area contributed by atoms with Gasteiger partial charge in [0.1, 0.15) is 69.0 Å². The third-order valence-corrected chi connectivity index (χ3v) is 27.2. The molecule has 138 heavy (non-hydrogen) atoms. The van der Waals surface area contributed by atoms with Gasteiger partial charge in [-0.25, -0.2) is 0 Å². The first-order chi connectivity index (χ1) is 66.6. The molecule has 12 N–H and O–H groups in total. The molecular formula is C126H108O12. The molecule has 0 fully saturated rings. The van der Waals surface area contributed by atoms with Gasteiger partial charge in [0, 0.05) is 32.8 Å². The first kappa shape index (κ1) is 94.0. The van der Waals surface area contributed by atoms with Crippen LogP contribution in [0.4, 0.5) is 0 Å². The van der Waals surface area contributed by atoms with Gasteiger partial charge in [-0.1, -0.05) is 355 Å². The maximum Gasteiger partial charge on any atom is 0.123 e. The molecule has 0 amide bonds. The van der Waals surface area contributed by atoms with Gasteiger partial charge >= 0.3 is 0 Å². The molecule has 19 aromatic rings. The van der Waals surface area contributed by atoms with Crippen molar-refractivity contribution in [2.24, 2.45) is 0 Å². The topological polar surface area (TPSA) is 243 Å². The number of aromatic hydroxyl groups is 12. The zero-order chi connectivity index (χ0) is 96.9. The van der Waals surface area contributed by atoms with Gasteiger partial charge < -0.3 is 61.3 Å². The Balaban J connectivity index is 0.000000125.